The third-order valence-electron chi connectivity index (χ3n) is 3.16. The van der Waals surface area contributed by atoms with Crippen LogP contribution in [0.15, 0.2) is 30.3 Å². The molecular weight excluding hydrogens is 298 g/mol. The van der Waals surface area contributed by atoms with Crippen molar-refractivity contribution < 1.29 is 18.3 Å². The van der Waals surface area contributed by atoms with Crippen LogP contribution < -0.4 is 4.74 Å². The molecule has 0 unspecified atom stereocenters. The van der Waals surface area contributed by atoms with E-state index in [-0.39, 0.29) is 12.0 Å². The molecule has 0 amide bonds. The second-order valence-electron chi connectivity index (χ2n) is 4.61. The monoisotopic (exact) mass is 310 g/mol. The summed E-state index contributed by atoms with van der Waals surface area (Å²) in [5, 5.41) is 0.420. The number of rotatable bonds is 4. The first kappa shape index (κ1) is 15.4. The van der Waals surface area contributed by atoms with Crippen LogP contribution in [0.4, 0.5) is 8.78 Å². The standard InChI is InChI=1S/C16H13ClF2O2/c1-9-3-5-12(18)15(16(9)19)13(20)8-10-7-11(17)4-6-14(10)21-2/h3-7H,8H2,1-2H3. The van der Waals surface area contributed by atoms with Gasteiger partial charge >= 0.3 is 0 Å². The molecule has 0 saturated carbocycles. The molecule has 0 aromatic heterocycles. The van der Waals surface area contributed by atoms with Gasteiger partial charge in [0.1, 0.15) is 17.4 Å². The number of hydrogen-bond acceptors (Lipinski definition) is 2. The quantitative estimate of drug-likeness (QED) is 0.784. The Morgan fingerprint density at radius 2 is 1.95 bits per heavy atom. The van der Waals surface area contributed by atoms with Gasteiger partial charge in [0.05, 0.1) is 12.7 Å². The summed E-state index contributed by atoms with van der Waals surface area (Å²) in [4.78, 5) is 12.2. The molecule has 2 rings (SSSR count). The minimum absolute atomic E-state index is 0.193. The van der Waals surface area contributed by atoms with Gasteiger partial charge in [-0.2, -0.15) is 0 Å². The van der Waals surface area contributed by atoms with Crippen LogP contribution in [0.2, 0.25) is 5.02 Å². The minimum Gasteiger partial charge on any atom is -0.496 e. The lowest BCUT2D eigenvalue weighted by atomic mass is 9.99. The van der Waals surface area contributed by atoms with Gasteiger partial charge in [0.2, 0.25) is 0 Å². The maximum absolute atomic E-state index is 14.0. The smallest absolute Gasteiger partial charge is 0.173 e. The Bertz CT molecular complexity index is 699. The molecule has 0 radical (unpaired) electrons. The summed E-state index contributed by atoms with van der Waals surface area (Å²) in [6.45, 7) is 1.48. The summed E-state index contributed by atoms with van der Waals surface area (Å²) < 4.78 is 32.8. The number of carbonyl (C=O) groups is 1. The number of ketones is 1. The van der Waals surface area contributed by atoms with E-state index < -0.39 is 23.0 Å². The summed E-state index contributed by atoms with van der Waals surface area (Å²) in [7, 11) is 1.45. The van der Waals surface area contributed by atoms with Crippen molar-refractivity contribution in [2.45, 2.75) is 13.3 Å². The molecule has 2 nitrogen and oxygen atoms in total. The van der Waals surface area contributed by atoms with Crippen molar-refractivity contribution in [2.75, 3.05) is 7.11 Å². The molecule has 21 heavy (non-hydrogen) atoms. The largest absolute Gasteiger partial charge is 0.496 e. The van der Waals surface area contributed by atoms with Crippen LogP contribution in [0.5, 0.6) is 5.75 Å². The summed E-state index contributed by atoms with van der Waals surface area (Å²) in [5.41, 5.74) is 0.171. The Labute approximate surface area is 126 Å². The number of carbonyl (C=O) groups excluding carboxylic acids is 1. The summed E-state index contributed by atoms with van der Waals surface area (Å²) >= 11 is 5.88. The summed E-state index contributed by atoms with van der Waals surface area (Å²) in [6, 6.07) is 7.14. The second kappa shape index (κ2) is 6.22. The molecule has 0 spiro atoms. The molecule has 5 heteroatoms. The average Bonchev–Trinajstić information content (AvgIpc) is 2.43. The molecule has 0 aliphatic rings. The third-order valence-corrected chi connectivity index (χ3v) is 3.39. The Morgan fingerprint density at radius 3 is 2.62 bits per heavy atom. The van der Waals surface area contributed by atoms with Crippen LogP contribution >= 0.6 is 11.6 Å². The summed E-state index contributed by atoms with van der Waals surface area (Å²) in [5.74, 6) is -1.92. The number of ether oxygens (including phenoxy) is 1. The first-order valence-electron chi connectivity index (χ1n) is 6.24. The topological polar surface area (TPSA) is 26.3 Å². The van der Waals surface area contributed by atoms with Crippen molar-refractivity contribution in [3.05, 3.63) is 63.7 Å². The Kier molecular flexibility index (Phi) is 4.58. The number of halogens is 3. The fraction of sp³-hybridized carbons (Fsp3) is 0.188. The lowest BCUT2D eigenvalue weighted by Crippen LogP contribution is -2.11. The molecule has 0 fully saturated rings. The van der Waals surface area contributed by atoms with Crippen LogP contribution in [0, 0.1) is 18.6 Å². The van der Waals surface area contributed by atoms with Crippen LogP contribution in [0.1, 0.15) is 21.5 Å². The van der Waals surface area contributed by atoms with Crippen LogP contribution in [0.3, 0.4) is 0 Å². The van der Waals surface area contributed by atoms with Gasteiger partial charge in [-0.3, -0.25) is 4.79 Å². The van der Waals surface area contributed by atoms with E-state index in [9.17, 15) is 13.6 Å². The van der Waals surface area contributed by atoms with E-state index in [4.69, 9.17) is 16.3 Å². The highest BCUT2D eigenvalue weighted by Gasteiger charge is 2.20. The van der Waals surface area contributed by atoms with Crippen LogP contribution in [0.25, 0.3) is 0 Å². The molecule has 0 saturated heterocycles. The van der Waals surface area contributed by atoms with Crippen molar-refractivity contribution in [3.63, 3.8) is 0 Å². The maximum Gasteiger partial charge on any atom is 0.173 e. The average molecular weight is 311 g/mol. The Balaban J connectivity index is 2.39. The van der Waals surface area contributed by atoms with E-state index in [0.29, 0.717) is 16.3 Å². The first-order valence-corrected chi connectivity index (χ1v) is 6.62. The van der Waals surface area contributed by atoms with E-state index in [2.05, 4.69) is 0 Å². The molecule has 0 aliphatic heterocycles. The van der Waals surface area contributed by atoms with E-state index in [1.54, 1.807) is 18.2 Å². The van der Waals surface area contributed by atoms with E-state index in [0.717, 1.165) is 6.07 Å². The molecule has 0 heterocycles. The van der Waals surface area contributed by atoms with Crippen LogP contribution in [-0.2, 0) is 6.42 Å². The van der Waals surface area contributed by atoms with E-state index >= 15 is 0 Å². The fourth-order valence-corrected chi connectivity index (χ4v) is 2.25. The lowest BCUT2D eigenvalue weighted by molar-refractivity contribution is 0.0984. The van der Waals surface area contributed by atoms with Gasteiger partial charge in [-0.1, -0.05) is 17.7 Å². The fourth-order valence-electron chi connectivity index (χ4n) is 2.06. The molecule has 2 aromatic carbocycles. The molecule has 0 aliphatic carbocycles. The van der Waals surface area contributed by atoms with Crippen LogP contribution in [-0.4, -0.2) is 12.9 Å². The number of benzene rings is 2. The van der Waals surface area contributed by atoms with Crippen molar-refractivity contribution in [3.8, 4) is 5.75 Å². The first-order chi connectivity index (χ1) is 9.93. The van der Waals surface area contributed by atoms with Gasteiger partial charge < -0.3 is 4.74 Å². The van der Waals surface area contributed by atoms with Gasteiger partial charge in [0.25, 0.3) is 0 Å². The molecule has 110 valence electrons. The van der Waals surface area contributed by atoms with Crippen molar-refractivity contribution in [2.24, 2.45) is 0 Å². The maximum atomic E-state index is 14.0. The SMILES string of the molecule is COc1ccc(Cl)cc1CC(=O)c1c(F)ccc(C)c1F. The Morgan fingerprint density at radius 1 is 1.24 bits per heavy atom. The van der Waals surface area contributed by atoms with Crippen molar-refractivity contribution in [1.29, 1.82) is 0 Å². The van der Waals surface area contributed by atoms with E-state index in [1.165, 1.54) is 20.1 Å². The summed E-state index contributed by atoms with van der Waals surface area (Å²) in [6.07, 6.45) is -0.193. The molecular formula is C16H13ClF2O2. The number of methoxy groups -OCH3 is 1. The van der Waals surface area contributed by atoms with Crippen molar-refractivity contribution in [1.82, 2.24) is 0 Å². The molecule has 0 bridgehead atoms. The van der Waals surface area contributed by atoms with Gasteiger partial charge in [0.15, 0.2) is 5.78 Å². The minimum atomic E-state index is -0.871. The predicted molar refractivity (Wildman–Crippen MR) is 77.1 cm³/mol. The van der Waals surface area contributed by atoms with Gasteiger partial charge in [-0.05, 0) is 36.8 Å². The second-order valence-corrected chi connectivity index (χ2v) is 5.05. The highest BCUT2D eigenvalue weighted by Crippen LogP contribution is 2.25. The van der Waals surface area contributed by atoms with Gasteiger partial charge in [0, 0.05) is 17.0 Å². The van der Waals surface area contributed by atoms with Crippen molar-refractivity contribution >= 4 is 17.4 Å². The molecule has 0 atom stereocenters. The number of Topliss-reactive ketones (excluding diaryl/α,β-unsaturated/α-hetero) is 1. The normalized spacial score (nSPS) is 10.5. The molecule has 2 aromatic rings. The lowest BCUT2D eigenvalue weighted by Gasteiger charge is -2.10. The van der Waals surface area contributed by atoms with Gasteiger partial charge in [-0.15, -0.1) is 0 Å². The van der Waals surface area contributed by atoms with E-state index in [1.807, 2.05) is 0 Å². The molecule has 0 N–H and O–H groups in total. The highest BCUT2D eigenvalue weighted by atomic mass is 35.5. The zero-order valence-electron chi connectivity index (χ0n) is 11.5. The van der Waals surface area contributed by atoms with Gasteiger partial charge in [-0.25, -0.2) is 8.78 Å². The number of hydrogen-bond donors (Lipinski definition) is 0. The highest BCUT2D eigenvalue weighted by molar-refractivity contribution is 6.30. The Hall–Kier alpha value is -1.94. The zero-order chi connectivity index (χ0) is 15.6. The zero-order valence-corrected chi connectivity index (χ0v) is 12.3. The predicted octanol–water partition coefficient (Wildman–Crippen LogP) is 4.36. The third kappa shape index (κ3) is 3.22. The number of aryl methyl sites for hydroxylation is 1.